The third kappa shape index (κ3) is 4.69. The number of hydrogen-bond acceptors (Lipinski definition) is 1. The summed E-state index contributed by atoms with van der Waals surface area (Å²) in [6, 6.07) is 5.33. The van der Waals surface area contributed by atoms with Gasteiger partial charge in [0.1, 0.15) is 5.82 Å². The molecule has 0 amide bonds. The van der Waals surface area contributed by atoms with Crippen molar-refractivity contribution >= 4 is 15.9 Å². The number of rotatable bonds is 5. The predicted molar refractivity (Wildman–Crippen MR) is 79.3 cm³/mol. The Kier molecular flexibility index (Phi) is 5.80. The van der Waals surface area contributed by atoms with Crippen LogP contribution in [0.2, 0.25) is 0 Å². The van der Waals surface area contributed by atoms with Gasteiger partial charge in [-0.05, 0) is 48.5 Å². The van der Waals surface area contributed by atoms with E-state index in [0.29, 0.717) is 5.92 Å². The summed E-state index contributed by atoms with van der Waals surface area (Å²) in [6.07, 6.45) is 0.773. The molecule has 1 unspecified atom stereocenters. The van der Waals surface area contributed by atoms with Crippen LogP contribution in [0.4, 0.5) is 4.39 Å². The fraction of sp³-hybridized carbons (Fsp3) is 0.600. The van der Waals surface area contributed by atoms with Gasteiger partial charge >= 0.3 is 0 Å². The lowest BCUT2D eigenvalue weighted by Crippen LogP contribution is -2.33. The summed E-state index contributed by atoms with van der Waals surface area (Å²) >= 11 is 3.29. The molecule has 1 rings (SSSR count). The average molecular weight is 316 g/mol. The van der Waals surface area contributed by atoms with Gasteiger partial charge in [-0.1, -0.05) is 49.7 Å². The van der Waals surface area contributed by atoms with Crippen molar-refractivity contribution in [3.05, 3.63) is 34.1 Å². The molecule has 0 aliphatic rings. The maximum Gasteiger partial charge on any atom is 0.127 e. The van der Waals surface area contributed by atoms with Crippen LogP contribution < -0.4 is 5.32 Å². The molecule has 3 heteroatoms. The Hall–Kier alpha value is -0.410. The molecule has 0 fully saturated rings. The van der Waals surface area contributed by atoms with Gasteiger partial charge < -0.3 is 5.32 Å². The van der Waals surface area contributed by atoms with Gasteiger partial charge in [-0.2, -0.15) is 0 Å². The van der Waals surface area contributed by atoms with E-state index in [4.69, 9.17) is 0 Å². The van der Waals surface area contributed by atoms with E-state index in [1.54, 1.807) is 6.07 Å². The fourth-order valence-electron chi connectivity index (χ4n) is 1.96. The maximum absolute atomic E-state index is 13.9. The summed E-state index contributed by atoms with van der Waals surface area (Å²) < 4.78 is 14.7. The molecular formula is C15H23BrFN. The lowest BCUT2D eigenvalue weighted by Gasteiger charge is -2.31. The minimum Gasteiger partial charge on any atom is -0.317 e. The molecule has 1 nitrogen and oxygen atoms in total. The highest BCUT2D eigenvalue weighted by atomic mass is 79.9. The molecule has 1 atom stereocenters. The third-order valence-corrected chi connectivity index (χ3v) is 3.84. The minimum absolute atomic E-state index is 0.116. The second-order valence-electron chi connectivity index (χ2n) is 5.81. The predicted octanol–water partition coefficient (Wildman–Crippen LogP) is 4.40. The first-order valence-corrected chi connectivity index (χ1v) is 7.28. The van der Waals surface area contributed by atoms with Crippen molar-refractivity contribution in [2.45, 2.75) is 34.1 Å². The van der Waals surface area contributed by atoms with Crippen molar-refractivity contribution in [1.82, 2.24) is 5.32 Å². The van der Waals surface area contributed by atoms with Crippen molar-refractivity contribution in [1.29, 1.82) is 0 Å². The summed E-state index contributed by atoms with van der Waals surface area (Å²) in [5.74, 6) is 0.309. The molecule has 0 saturated heterocycles. The zero-order chi connectivity index (χ0) is 13.8. The van der Waals surface area contributed by atoms with Gasteiger partial charge in [0, 0.05) is 4.47 Å². The zero-order valence-corrected chi connectivity index (χ0v) is 13.3. The van der Waals surface area contributed by atoms with Crippen LogP contribution in [-0.2, 0) is 6.42 Å². The lowest BCUT2D eigenvalue weighted by molar-refractivity contribution is 0.230. The van der Waals surface area contributed by atoms with Crippen molar-refractivity contribution < 1.29 is 4.39 Å². The van der Waals surface area contributed by atoms with E-state index in [-0.39, 0.29) is 11.2 Å². The molecule has 1 N–H and O–H groups in total. The first kappa shape index (κ1) is 15.6. The SMILES string of the molecule is CCNCC(Cc1ccc(Br)cc1F)C(C)(C)C. The van der Waals surface area contributed by atoms with Crippen LogP contribution in [0.1, 0.15) is 33.3 Å². The third-order valence-electron chi connectivity index (χ3n) is 3.35. The number of benzene rings is 1. The summed E-state index contributed by atoms with van der Waals surface area (Å²) in [4.78, 5) is 0. The number of hydrogen-bond donors (Lipinski definition) is 1. The zero-order valence-electron chi connectivity index (χ0n) is 11.7. The molecule has 0 saturated carbocycles. The normalized spacial score (nSPS) is 13.7. The Morgan fingerprint density at radius 1 is 1.33 bits per heavy atom. The highest BCUT2D eigenvalue weighted by Crippen LogP contribution is 2.30. The van der Waals surface area contributed by atoms with E-state index in [1.807, 2.05) is 12.1 Å². The average Bonchev–Trinajstić information content (AvgIpc) is 2.25. The Morgan fingerprint density at radius 3 is 2.50 bits per heavy atom. The highest BCUT2D eigenvalue weighted by Gasteiger charge is 2.25. The summed E-state index contributed by atoms with van der Waals surface area (Å²) in [5.41, 5.74) is 0.970. The van der Waals surface area contributed by atoms with Crippen LogP contribution in [-0.4, -0.2) is 13.1 Å². The van der Waals surface area contributed by atoms with Gasteiger partial charge in [-0.3, -0.25) is 0 Å². The van der Waals surface area contributed by atoms with Crippen LogP contribution in [0, 0.1) is 17.2 Å². The smallest absolute Gasteiger partial charge is 0.127 e. The molecule has 0 aliphatic heterocycles. The van der Waals surface area contributed by atoms with Crippen LogP contribution in [0.15, 0.2) is 22.7 Å². The van der Waals surface area contributed by atoms with Crippen LogP contribution in [0.5, 0.6) is 0 Å². The minimum atomic E-state index is -0.116. The van der Waals surface area contributed by atoms with E-state index < -0.39 is 0 Å². The van der Waals surface area contributed by atoms with Gasteiger partial charge in [0.15, 0.2) is 0 Å². The Bertz CT molecular complexity index is 385. The van der Waals surface area contributed by atoms with Gasteiger partial charge in [0.2, 0.25) is 0 Å². The monoisotopic (exact) mass is 315 g/mol. The first-order chi connectivity index (χ1) is 8.34. The van der Waals surface area contributed by atoms with E-state index >= 15 is 0 Å². The summed E-state index contributed by atoms with van der Waals surface area (Å²) in [7, 11) is 0. The first-order valence-electron chi connectivity index (χ1n) is 6.49. The Balaban J connectivity index is 2.82. The van der Waals surface area contributed by atoms with Crippen LogP contribution in [0.3, 0.4) is 0 Å². The molecule has 0 bridgehead atoms. The van der Waals surface area contributed by atoms with E-state index in [9.17, 15) is 4.39 Å². The molecule has 102 valence electrons. The van der Waals surface area contributed by atoms with E-state index in [1.165, 1.54) is 0 Å². The van der Waals surface area contributed by atoms with Gasteiger partial charge in [0.25, 0.3) is 0 Å². The molecule has 0 aromatic heterocycles. The molecule has 1 aromatic rings. The van der Waals surface area contributed by atoms with Crippen LogP contribution in [0.25, 0.3) is 0 Å². The standard InChI is InChI=1S/C15H23BrFN/c1-5-18-10-12(15(2,3)4)8-11-6-7-13(16)9-14(11)17/h6-7,9,12,18H,5,8,10H2,1-4H3. The molecule has 0 radical (unpaired) electrons. The summed E-state index contributed by atoms with van der Waals surface area (Å²) in [5, 5.41) is 3.37. The second-order valence-corrected chi connectivity index (χ2v) is 6.73. The summed E-state index contributed by atoms with van der Waals surface area (Å²) in [6.45, 7) is 10.6. The second kappa shape index (κ2) is 6.67. The quantitative estimate of drug-likeness (QED) is 0.849. The van der Waals surface area contributed by atoms with Crippen molar-refractivity contribution in [2.75, 3.05) is 13.1 Å². The van der Waals surface area contributed by atoms with Crippen molar-refractivity contribution in [3.8, 4) is 0 Å². The fourth-order valence-corrected chi connectivity index (χ4v) is 2.29. The molecule has 1 aromatic carbocycles. The number of halogens is 2. The molecule has 0 heterocycles. The largest absolute Gasteiger partial charge is 0.317 e. The molecule has 0 aliphatic carbocycles. The molecular weight excluding hydrogens is 293 g/mol. The lowest BCUT2D eigenvalue weighted by atomic mass is 9.77. The topological polar surface area (TPSA) is 12.0 Å². The van der Waals surface area contributed by atoms with Gasteiger partial charge in [-0.25, -0.2) is 4.39 Å². The Morgan fingerprint density at radius 2 is 2.00 bits per heavy atom. The number of nitrogens with one attached hydrogen (secondary N) is 1. The van der Waals surface area contributed by atoms with E-state index in [2.05, 4.69) is 48.9 Å². The highest BCUT2D eigenvalue weighted by molar-refractivity contribution is 9.10. The molecule has 18 heavy (non-hydrogen) atoms. The maximum atomic E-state index is 13.9. The van der Waals surface area contributed by atoms with E-state index in [0.717, 1.165) is 29.5 Å². The Labute approximate surface area is 118 Å². The van der Waals surface area contributed by atoms with Crippen molar-refractivity contribution in [3.63, 3.8) is 0 Å². The molecule has 0 spiro atoms. The van der Waals surface area contributed by atoms with Gasteiger partial charge in [-0.15, -0.1) is 0 Å². The van der Waals surface area contributed by atoms with Crippen molar-refractivity contribution in [2.24, 2.45) is 11.3 Å². The van der Waals surface area contributed by atoms with Crippen LogP contribution >= 0.6 is 15.9 Å². The van der Waals surface area contributed by atoms with Gasteiger partial charge in [0.05, 0.1) is 0 Å².